The van der Waals surface area contributed by atoms with Gasteiger partial charge in [0.1, 0.15) is 5.82 Å². The van der Waals surface area contributed by atoms with E-state index in [4.69, 9.17) is 0 Å². The molecule has 1 aliphatic rings. The molecule has 0 N–H and O–H groups in total. The van der Waals surface area contributed by atoms with E-state index in [-0.39, 0.29) is 10.8 Å². The molecule has 22 heavy (non-hydrogen) atoms. The minimum Gasteiger partial charge on any atom is -0.261 e. The fourth-order valence-corrected chi connectivity index (χ4v) is 4.20. The predicted molar refractivity (Wildman–Crippen MR) is 79.2 cm³/mol. The maximum atomic E-state index is 13.0. The molecule has 7 heteroatoms. The molecular weight excluding hydrogens is 305 g/mol. The summed E-state index contributed by atoms with van der Waals surface area (Å²) in [4.78, 5) is 8.43. The molecule has 1 fully saturated rings. The van der Waals surface area contributed by atoms with Crippen LogP contribution in [0.1, 0.15) is 24.5 Å². The first kappa shape index (κ1) is 15.1. The Balaban J connectivity index is 1.83. The molecule has 1 aliphatic heterocycles. The first-order valence-electron chi connectivity index (χ1n) is 7.09. The lowest BCUT2D eigenvalue weighted by Crippen LogP contribution is -2.39. The van der Waals surface area contributed by atoms with Crippen LogP contribution in [0.15, 0.2) is 47.8 Å². The van der Waals surface area contributed by atoms with Crippen LogP contribution in [0, 0.1) is 5.82 Å². The zero-order valence-electron chi connectivity index (χ0n) is 11.9. The third-order valence-corrected chi connectivity index (χ3v) is 5.72. The Hall–Kier alpha value is -1.86. The van der Waals surface area contributed by atoms with Crippen LogP contribution in [-0.2, 0) is 10.0 Å². The van der Waals surface area contributed by atoms with Crippen molar-refractivity contribution in [2.75, 3.05) is 13.1 Å². The fraction of sp³-hybridized carbons (Fsp3) is 0.333. The summed E-state index contributed by atoms with van der Waals surface area (Å²) in [5.74, 6) is -0.410. The van der Waals surface area contributed by atoms with E-state index in [1.807, 2.05) is 0 Å². The summed E-state index contributed by atoms with van der Waals surface area (Å²) >= 11 is 0. The normalized spacial score (nSPS) is 20.0. The predicted octanol–water partition coefficient (Wildman–Crippen LogP) is 2.18. The smallest absolute Gasteiger partial charge is 0.243 e. The summed E-state index contributed by atoms with van der Waals surface area (Å²) in [6.45, 7) is 0.842. The SMILES string of the molecule is O=S(=O)(c1ccc(F)cc1)N1CCC[C@@H](c2cnccn2)C1. The van der Waals surface area contributed by atoms with Gasteiger partial charge in [0.25, 0.3) is 0 Å². The van der Waals surface area contributed by atoms with Crippen molar-refractivity contribution in [3.8, 4) is 0 Å². The third kappa shape index (κ3) is 3.00. The van der Waals surface area contributed by atoms with Gasteiger partial charge in [-0.05, 0) is 37.1 Å². The maximum absolute atomic E-state index is 13.0. The molecule has 0 aliphatic carbocycles. The van der Waals surface area contributed by atoms with E-state index in [0.717, 1.165) is 30.7 Å². The average molecular weight is 321 g/mol. The first-order valence-corrected chi connectivity index (χ1v) is 8.53. The van der Waals surface area contributed by atoms with Crippen LogP contribution >= 0.6 is 0 Å². The first-order chi connectivity index (χ1) is 10.6. The van der Waals surface area contributed by atoms with Crippen molar-refractivity contribution in [2.24, 2.45) is 0 Å². The maximum Gasteiger partial charge on any atom is 0.243 e. The Morgan fingerprint density at radius 1 is 1.18 bits per heavy atom. The van der Waals surface area contributed by atoms with Crippen molar-refractivity contribution in [3.63, 3.8) is 0 Å². The molecule has 1 atom stereocenters. The largest absolute Gasteiger partial charge is 0.261 e. The minimum atomic E-state index is -3.60. The molecule has 2 aromatic rings. The highest BCUT2D eigenvalue weighted by molar-refractivity contribution is 7.89. The molecule has 0 spiro atoms. The van der Waals surface area contributed by atoms with Gasteiger partial charge in [0.2, 0.25) is 10.0 Å². The molecule has 5 nitrogen and oxygen atoms in total. The molecule has 0 radical (unpaired) electrons. The molecule has 0 bridgehead atoms. The fourth-order valence-electron chi connectivity index (χ4n) is 2.68. The van der Waals surface area contributed by atoms with Crippen LogP contribution in [0.3, 0.4) is 0 Å². The molecular formula is C15H16FN3O2S. The van der Waals surface area contributed by atoms with Crippen LogP contribution < -0.4 is 0 Å². The van der Waals surface area contributed by atoms with Crippen LogP contribution in [0.4, 0.5) is 4.39 Å². The van der Waals surface area contributed by atoms with E-state index in [0.29, 0.717) is 13.1 Å². The van der Waals surface area contributed by atoms with Crippen molar-refractivity contribution < 1.29 is 12.8 Å². The number of hydrogen-bond acceptors (Lipinski definition) is 4. The lowest BCUT2D eigenvalue weighted by atomic mass is 9.96. The molecule has 0 amide bonds. The Morgan fingerprint density at radius 3 is 2.64 bits per heavy atom. The zero-order chi connectivity index (χ0) is 15.6. The van der Waals surface area contributed by atoms with Crippen molar-refractivity contribution in [3.05, 3.63) is 54.4 Å². The molecule has 3 rings (SSSR count). The number of halogens is 1. The topological polar surface area (TPSA) is 63.2 Å². The van der Waals surface area contributed by atoms with Gasteiger partial charge in [0.05, 0.1) is 10.6 Å². The van der Waals surface area contributed by atoms with Crippen molar-refractivity contribution >= 4 is 10.0 Å². The Bertz CT molecular complexity index is 735. The number of rotatable bonds is 3. The van der Waals surface area contributed by atoms with E-state index in [1.165, 1.54) is 16.4 Å². The summed E-state index contributed by atoms with van der Waals surface area (Å²) in [5.41, 5.74) is 0.807. The van der Waals surface area contributed by atoms with Gasteiger partial charge in [0, 0.05) is 37.6 Å². The van der Waals surface area contributed by atoms with E-state index in [9.17, 15) is 12.8 Å². The average Bonchev–Trinajstić information content (AvgIpc) is 2.56. The number of sulfonamides is 1. The monoisotopic (exact) mass is 321 g/mol. The van der Waals surface area contributed by atoms with Gasteiger partial charge < -0.3 is 0 Å². The van der Waals surface area contributed by atoms with Gasteiger partial charge in [-0.3, -0.25) is 9.97 Å². The summed E-state index contributed by atoms with van der Waals surface area (Å²) in [7, 11) is -3.60. The Kier molecular flexibility index (Phi) is 4.17. The van der Waals surface area contributed by atoms with E-state index < -0.39 is 15.8 Å². The van der Waals surface area contributed by atoms with Gasteiger partial charge in [-0.25, -0.2) is 12.8 Å². The molecule has 2 heterocycles. The lowest BCUT2D eigenvalue weighted by molar-refractivity contribution is 0.312. The quantitative estimate of drug-likeness (QED) is 0.869. The Labute approximate surface area is 128 Å². The highest BCUT2D eigenvalue weighted by Gasteiger charge is 2.31. The van der Waals surface area contributed by atoms with Crippen LogP contribution in [0.25, 0.3) is 0 Å². The summed E-state index contributed by atoms with van der Waals surface area (Å²) in [6.07, 6.45) is 6.54. The van der Waals surface area contributed by atoms with Gasteiger partial charge in [-0.15, -0.1) is 0 Å². The number of aromatic nitrogens is 2. The van der Waals surface area contributed by atoms with Gasteiger partial charge in [-0.1, -0.05) is 0 Å². The van der Waals surface area contributed by atoms with Crippen LogP contribution in [0.2, 0.25) is 0 Å². The second-order valence-corrected chi connectivity index (χ2v) is 7.22. The second kappa shape index (κ2) is 6.10. The summed E-state index contributed by atoms with van der Waals surface area (Å²) in [6, 6.07) is 4.93. The standard InChI is InChI=1S/C15H16FN3O2S/c16-13-3-5-14(6-4-13)22(20,21)19-9-1-2-12(11-19)15-10-17-7-8-18-15/h3-8,10,12H,1-2,9,11H2/t12-/m1/s1. The van der Waals surface area contributed by atoms with Crippen molar-refractivity contribution in [1.82, 2.24) is 14.3 Å². The molecule has 1 aromatic heterocycles. The number of benzene rings is 1. The molecule has 1 aromatic carbocycles. The highest BCUT2D eigenvalue weighted by atomic mass is 32.2. The van der Waals surface area contributed by atoms with Gasteiger partial charge in [0.15, 0.2) is 0 Å². The number of hydrogen-bond donors (Lipinski definition) is 0. The third-order valence-electron chi connectivity index (χ3n) is 3.84. The minimum absolute atomic E-state index is 0.0395. The van der Waals surface area contributed by atoms with Crippen molar-refractivity contribution in [2.45, 2.75) is 23.7 Å². The summed E-state index contributed by atoms with van der Waals surface area (Å²) in [5, 5.41) is 0. The number of piperidine rings is 1. The van der Waals surface area contributed by atoms with Crippen LogP contribution in [0.5, 0.6) is 0 Å². The molecule has 0 unspecified atom stereocenters. The second-order valence-electron chi connectivity index (χ2n) is 5.29. The van der Waals surface area contributed by atoms with E-state index >= 15 is 0 Å². The molecule has 1 saturated heterocycles. The van der Waals surface area contributed by atoms with E-state index in [1.54, 1.807) is 18.6 Å². The summed E-state index contributed by atoms with van der Waals surface area (Å²) < 4.78 is 39.7. The van der Waals surface area contributed by atoms with Gasteiger partial charge >= 0.3 is 0 Å². The Morgan fingerprint density at radius 2 is 1.95 bits per heavy atom. The van der Waals surface area contributed by atoms with E-state index in [2.05, 4.69) is 9.97 Å². The lowest BCUT2D eigenvalue weighted by Gasteiger charge is -2.31. The van der Waals surface area contributed by atoms with Crippen LogP contribution in [-0.4, -0.2) is 35.8 Å². The molecule has 116 valence electrons. The zero-order valence-corrected chi connectivity index (χ0v) is 12.7. The molecule has 0 saturated carbocycles. The highest BCUT2D eigenvalue weighted by Crippen LogP contribution is 2.28. The van der Waals surface area contributed by atoms with Gasteiger partial charge in [-0.2, -0.15) is 4.31 Å². The van der Waals surface area contributed by atoms with Crippen molar-refractivity contribution in [1.29, 1.82) is 0 Å². The number of nitrogens with zero attached hydrogens (tertiary/aromatic N) is 3.